The van der Waals surface area contributed by atoms with E-state index in [9.17, 15) is 0 Å². The molecule has 0 aliphatic rings. The zero-order valence-corrected chi connectivity index (χ0v) is 10.6. The van der Waals surface area contributed by atoms with Crippen LogP contribution in [0, 0.1) is 6.92 Å². The summed E-state index contributed by atoms with van der Waals surface area (Å²) >= 11 is 0. The van der Waals surface area contributed by atoms with Crippen LogP contribution in [-0.4, -0.2) is 23.6 Å². The highest BCUT2D eigenvalue weighted by Gasteiger charge is 2.09. The van der Waals surface area contributed by atoms with Crippen LogP contribution >= 0.6 is 0 Å². The molecule has 16 heavy (non-hydrogen) atoms. The molecule has 0 fully saturated rings. The summed E-state index contributed by atoms with van der Waals surface area (Å²) in [5.41, 5.74) is 2.02. The molecule has 0 spiro atoms. The molecule has 0 aliphatic heterocycles. The molecule has 0 radical (unpaired) electrons. The number of hydrogen-bond acceptors (Lipinski definition) is 4. The summed E-state index contributed by atoms with van der Waals surface area (Å²) in [6, 6.07) is 2.01. The van der Waals surface area contributed by atoms with Gasteiger partial charge in [0.1, 0.15) is 6.10 Å². The topological polar surface area (TPSA) is 47.0 Å². The molecule has 1 aromatic heterocycles. The second-order valence-corrected chi connectivity index (χ2v) is 3.91. The predicted molar refractivity (Wildman–Crippen MR) is 64.2 cm³/mol. The van der Waals surface area contributed by atoms with Gasteiger partial charge in [0.15, 0.2) is 5.82 Å². The summed E-state index contributed by atoms with van der Waals surface area (Å²) in [5.74, 6) is 0.760. The Labute approximate surface area is 97.5 Å². The Bertz CT molecular complexity index is 328. The lowest BCUT2D eigenvalue weighted by Crippen LogP contribution is -2.16. The molecule has 0 saturated heterocycles. The van der Waals surface area contributed by atoms with Crippen LogP contribution in [-0.2, 0) is 11.3 Å². The molecule has 90 valence electrons. The third-order valence-corrected chi connectivity index (χ3v) is 2.37. The molecule has 1 atom stereocenters. The van der Waals surface area contributed by atoms with Crippen molar-refractivity contribution in [2.24, 2.45) is 0 Å². The second-order valence-electron chi connectivity index (χ2n) is 3.91. The first-order valence-electron chi connectivity index (χ1n) is 5.75. The molecule has 0 amide bonds. The standard InChI is InChI=1S/C12H21N3O/c1-5-6-13-8-11-7-9(2)14-12(15-11)10(3)16-4/h7,10,13H,5-6,8H2,1-4H3. The first-order valence-corrected chi connectivity index (χ1v) is 5.75. The smallest absolute Gasteiger partial charge is 0.157 e. The Hall–Kier alpha value is -1.00. The minimum Gasteiger partial charge on any atom is -0.374 e. The van der Waals surface area contributed by atoms with Gasteiger partial charge in [-0.3, -0.25) is 0 Å². The van der Waals surface area contributed by atoms with E-state index in [1.165, 1.54) is 0 Å². The van der Waals surface area contributed by atoms with Gasteiger partial charge in [-0.1, -0.05) is 6.92 Å². The van der Waals surface area contributed by atoms with Gasteiger partial charge < -0.3 is 10.1 Å². The Morgan fingerprint density at radius 3 is 2.81 bits per heavy atom. The van der Waals surface area contributed by atoms with Gasteiger partial charge in [0.2, 0.25) is 0 Å². The van der Waals surface area contributed by atoms with Crippen LogP contribution < -0.4 is 5.32 Å². The quantitative estimate of drug-likeness (QED) is 0.749. The van der Waals surface area contributed by atoms with Crippen LogP contribution in [0.5, 0.6) is 0 Å². The van der Waals surface area contributed by atoms with Crippen molar-refractivity contribution in [3.8, 4) is 0 Å². The summed E-state index contributed by atoms with van der Waals surface area (Å²) in [7, 11) is 1.67. The lowest BCUT2D eigenvalue weighted by atomic mass is 10.3. The highest BCUT2D eigenvalue weighted by atomic mass is 16.5. The average Bonchev–Trinajstić information content (AvgIpc) is 2.27. The third-order valence-electron chi connectivity index (χ3n) is 2.37. The van der Waals surface area contributed by atoms with E-state index >= 15 is 0 Å². The first kappa shape index (κ1) is 13.1. The Balaban J connectivity index is 2.73. The van der Waals surface area contributed by atoms with Crippen LogP contribution in [0.4, 0.5) is 0 Å². The Kier molecular flexibility index (Phi) is 5.35. The molecular weight excluding hydrogens is 202 g/mol. The number of aromatic nitrogens is 2. The number of ether oxygens (including phenoxy) is 1. The molecule has 1 heterocycles. The number of methoxy groups -OCH3 is 1. The SMILES string of the molecule is CCCNCc1cc(C)nc(C(C)OC)n1. The van der Waals surface area contributed by atoms with Gasteiger partial charge in [-0.15, -0.1) is 0 Å². The molecule has 0 aromatic carbocycles. The van der Waals surface area contributed by atoms with E-state index in [4.69, 9.17) is 4.74 Å². The summed E-state index contributed by atoms with van der Waals surface area (Å²) in [6.07, 6.45) is 1.08. The second kappa shape index (κ2) is 6.55. The number of nitrogens with zero attached hydrogens (tertiary/aromatic N) is 2. The minimum atomic E-state index is -0.0511. The number of aryl methyl sites for hydroxylation is 1. The zero-order valence-electron chi connectivity index (χ0n) is 10.6. The molecule has 1 aromatic rings. The fraction of sp³-hybridized carbons (Fsp3) is 0.667. The van der Waals surface area contributed by atoms with Gasteiger partial charge in [0.25, 0.3) is 0 Å². The van der Waals surface area contributed by atoms with Crippen molar-refractivity contribution in [2.45, 2.75) is 39.8 Å². The van der Waals surface area contributed by atoms with Crippen molar-refractivity contribution in [1.82, 2.24) is 15.3 Å². The fourth-order valence-corrected chi connectivity index (χ4v) is 1.43. The van der Waals surface area contributed by atoms with E-state index in [1.807, 2.05) is 19.9 Å². The molecular formula is C12H21N3O. The maximum atomic E-state index is 5.23. The van der Waals surface area contributed by atoms with Crippen molar-refractivity contribution in [1.29, 1.82) is 0 Å². The lowest BCUT2D eigenvalue weighted by molar-refractivity contribution is 0.111. The third kappa shape index (κ3) is 3.87. The van der Waals surface area contributed by atoms with Gasteiger partial charge >= 0.3 is 0 Å². The predicted octanol–water partition coefficient (Wildman–Crippen LogP) is 1.99. The summed E-state index contributed by atoms with van der Waals surface area (Å²) < 4.78 is 5.23. The molecule has 4 nitrogen and oxygen atoms in total. The highest BCUT2D eigenvalue weighted by molar-refractivity contribution is 5.11. The minimum absolute atomic E-state index is 0.0511. The van der Waals surface area contributed by atoms with Crippen LogP contribution in [0.25, 0.3) is 0 Å². The number of rotatable bonds is 6. The molecule has 1 rings (SSSR count). The van der Waals surface area contributed by atoms with Gasteiger partial charge in [-0.2, -0.15) is 0 Å². The van der Waals surface area contributed by atoms with Crippen molar-refractivity contribution in [2.75, 3.05) is 13.7 Å². The molecule has 1 N–H and O–H groups in total. The van der Waals surface area contributed by atoms with Gasteiger partial charge in [-0.25, -0.2) is 9.97 Å². The van der Waals surface area contributed by atoms with Crippen LogP contribution in [0.15, 0.2) is 6.07 Å². The zero-order chi connectivity index (χ0) is 12.0. The normalized spacial score (nSPS) is 12.8. The van der Waals surface area contributed by atoms with Crippen LogP contribution in [0.2, 0.25) is 0 Å². The monoisotopic (exact) mass is 223 g/mol. The largest absolute Gasteiger partial charge is 0.374 e. The van der Waals surface area contributed by atoms with Crippen molar-refractivity contribution in [3.63, 3.8) is 0 Å². The maximum absolute atomic E-state index is 5.23. The van der Waals surface area contributed by atoms with Gasteiger partial charge in [0, 0.05) is 19.3 Å². The molecule has 0 bridgehead atoms. The Morgan fingerprint density at radius 2 is 2.19 bits per heavy atom. The van der Waals surface area contributed by atoms with Crippen LogP contribution in [0.3, 0.4) is 0 Å². The lowest BCUT2D eigenvalue weighted by Gasteiger charge is -2.11. The summed E-state index contributed by atoms with van der Waals surface area (Å²) in [4.78, 5) is 8.85. The highest BCUT2D eigenvalue weighted by Crippen LogP contribution is 2.12. The first-order chi connectivity index (χ1) is 7.67. The maximum Gasteiger partial charge on any atom is 0.157 e. The molecule has 0 aliphatic carbocycles. The van der Waals surface area contributed by atoms with Gasteiger partial charge in [0.05, 0.1) is 5.69 Å². The van der Waals surface area contributed by atoms with E-state index < -0.39 is 0 Å². The van der Waals surface area contributed by atoms with E-state index in [0.29, 0.717) is 0 Å². The molecule has 0 saturated carbocycles. The van der Waals surface area contributed by atoms with E-state index in [-0.39, 0.29) is 6.10 Å². The van der Waals surface area contributed by atoms with E-state index in [0.717, 1.165) is 36.7 Å². The Morgan fingerprint density at radius 1 is 1.44 bits per heavy atom. The number of nitrogens with one attached hydrogen (secondary N) is 1. The average molecular weight is 223 g/mol. The van der Waals surface area contributed by atoms with Crippen molar-refractivity contribution in [3.05, 3.63) is 23.3 Å². The van der Waals surface area contributed by atoms with E-state index in [1.54, 1.807) is 7.11 Å². The summed E-state index contributed by atoms with van der Waals surface area (Å²) in [5, 5.41) is 3.33. The molecule has 4 heteroatoms. The van der Waals surface area contributed by atoms with Gasteiger partial charge in [-0.05, 0) is 32.9 Å². The number of hydrogen-bond donors (Lipinski definition) is 1. The van der Waals surface area contributed by atoms with Crippen LogP contribution in [0.1, 0.15) is 43.6 Å². The van der Waals surface area contributed by atoms with E-state index in [2.05, 4.69) is 22.2 Å². The fourth-order valence-electron chi connectivity index (χ4n) is 1.43. The van der Waals surface area contributed by atoms with Crippen molar-refractivity contribution >= 4 is 0 Å². The van der Waals surface area contributed by atoms with Crippen molar-refractivity contribution < 1.29 is 4.74 Å². The summed E-state index contributed by atoms with van der Waals surface area (Å²) in [6.45, 7) is 7.89. The molecule has 1 unspecified atom stereocenters.